The van der Waals surface area contributed by atoms with Gasteiger partial charge in [-0.1, -0.05) is 17.7 Å². The molecule has 1 saturated heterocycles. The SMILES string of the molecule is Cc1cc(C)c(CN2CCCNC(C)(C)C2)c(C)c1. The summed E-state index contributed by atoms with van der Waals surface area (Å²) in [4.78, 5) is 2.60. The molecule has 0 unspecified atom stereocenters. The Morgan fingerprint density at radius 3 is 2.42 bits per heavy atom. The first-order valence-electron chi connectivity index (χ1n) is 7.41. The summed E-state index contributed by atoms with van der Waals surface area (Å²) in [5, 5.41) is 3.63. The van der Waals surface area contributed by atoms with Gasteiger partial charge in [0.25, 0.3) is 0 Å². The normalized spacial score (nSPS) is 20.3. The number of nitrogens with one attached hydrogen (secondary N) is 1. The zero-order chi connectivity index (χ0) is 14.0. The van der Waals surface area contributed by atoms with Crippen LogP contribution >= 0.6 is 0 Å². The van der Waals surface area contributed by atoms with E-state index in [2.05, 4.69) is 57.0 Å². The van der Waals surface area contributed by atoms with Gasteiger partial charge in [0.05, 0.1) is 0 Å². The van der Waals surface area contributed by atoms with E-state index >= 15 is 0 Å². The van der Waals surface area contributed by atoms with Crippen molar-refractivity contribution < 1.29 is 0 Å². The van der Waals surface area contributed by atoms with E-state index in [4.69, 9.17) is 0 Å². The van der Waals surface area contributed by atoms with Crippen molar-refractivity contribution in [3.05, 3.63) is 34.4 Å². The van der Waals surface area contributed by atoms with E-state index < -0.39 is 0 Å². The van der Waals surface area contributed by atoms with Crippen LogP contribution in [0.3, 0.4) is 0 Å². The zero-order valence-electron chi connectivity index (χ0n) is 13.1. The number of benzene rings is 1. The van der Waals surface area contributed by atoms with Crippen molar-refractivity contribution in [1.29, 1.82) is 0 Å². The van der Waals surface area contributed by atoms with Gasteiger partial charge in [0.1, 0.15) is 0 Å². The first-order chi connectivity index (χ1) is 8.87. The second kappa shape index (κ2) is 5.64. The van der Waals surface area contributed by atoms with Gasteiger partial charge in [-0.25, -0.2) is 0 Å². The molecule has 0 atom stereocenters. The molecule has 19 heavy (non-hydrogen) atoms. The quantitative estimate of drug-likeness (QED) is 0.878. The Bertz CT molecular complexity index is 426. The zero-order valence-corrected chi connectivity index (χ0v) is 13.1. The van der Waals surface area contributed by atoms with Gasteiger partial charge in [-0.05, 0) is 70.8 Å². The number of hydrogen-bond donors (Lipinski definition) is 1. The maximum absolute atomic E-state index is 3.63. The highest BCUT2D eigenvalue weighted by molar-refractivity contribution is 5.37. The standard InChI is InChI=1S/C17H28N2/c1-13-9-14(2)16(15(3)10-13)11-19-8-6-7-18-17(4,5)12-19/h9-10,18H,6-8,11-12H2,1-5H3. The van der Waals surface area contributed by atoms with Crippen LogP contribution in [0.15, 0.2) is 12.1 Å². The molecule has 0 spiro atoms. The molecule has 0 aliphatic carbocycles. The number of rotatable bonds is 2. The largest absolute Gasteiger partial charge is 0.310 e. The summed E-state index contributed by atoms with van der Waals surface area (Å²) in [6, 6.07) is 4.62. The predicted molar refractivity (Wildman–Crippen MR) is 82.6 cm³/mol. The fourth-order valence-electron chi connectivity index (χ4n) is 3.24. The Morgan fingerprint density at radius 1 is 1.16 bits per heavy atom. The summed E-state index contributed by atoms with van der Waals surface area (Å²) >= 11 is 0. The third-order valence-electron chi connectivity index (χ3n) is 4.10. The molecule has 106 valence electrons. The van der Waals surface area contributed by atoms with Crippen LogP contribution in [-0.2, 0) is 6.54 Å². The molecule has 2 heteroatoms. The second-order valence-corrected chi connectivity index (χ2v) is 6.75. The maximum atomic E-state index is 3.63. The van der Waals surface area contributed by atoms with Crippen LogP contribution < -0.4 is 5.32 Å². The maximum Gasteiger partial charge on any atom is 0.0252 e. The van der Waals surface area contributed by atoms with E-state index in [0.29, 0.717) is 0 Å². The van der Waals surface area contributed by atoms with E-state index in [9.17, 15) is 0 Å². The van der Waals surface area contributed by atoms with Crippen molar-refractivity contribution in [3.63, 3.8) is 0 Å². The Kier molecular flexibility index (Phi) is 4.32. The summed E-state index contributed by atoms with van der Waals surface area (Å²) in [6.07, 6.45) is 1.24. The van der Waals surface area contributed by atoms with Crippen molar-refractivity contribution >= 4 is 0 Å². The van der Waals surface area contributed by atoms with Crippen LogP contribution in [0.1, 0.15) is 42.5 Å². The van der Waals surface area contributed by atoms with Crippen LogP contribution in [0.2, 0.25) is 0 Å². The van der Waals surface area contributed by atoms with Crippen molar-refractivity contribution in [2.45, 2.75) is 53.1 Å². The number of nitrogens with zero attached hydrogens (tertiary/aromatic N) is 1. The molecule has 2 nitrogen and oxygen atoms in total. The topological polar surface area (TPSA) is 15.3 Å². The highest BCUT2D eigenvalue weighted by Gasteiger charge is 2.24. The van der Waals surface area contributed by atoms with Gasteiger partial charge in [0.15, 0.2) is 0 Å². The Hall–Kier alpha value is -0.860. The number of aryl methyl sites for hydroxylation is 3. The lowest BCUT2D eigenvalue weighted by atomic mass is 9.98. The molecule has 1 aromatic rings. The highest BCUT2D eigenvalue weighted by atomic mass is 15.2. The molecule has 1 aliphatic heterocycles. The Morgan fingerprint density at radius 2 is 1.79 bits per heavy atom. The monoisotopic (exact) mass is 260 g/mol. The lowest BCUT2D eigenvalue weighted by molar-refractivity contribution is 0.223. The molecule has 2 rings (SSSR count). The molecular formula is C17H28N2. The highest BCUT2D eigenvalue weighted by Crippen LogP contribution is 2.20. The average molecular weight is 260 g/mol. The van der Waals surface area contributed by atoms with Crippen molar-refractivity contribution in [2.75, 3.05) is 19.6 Å². The minimum absolute atomic E-state index is 0.225. The molecule has 0 bridgehead atoms. The van der Waals surface area contributed by atoms with Gasteiger partial charge in [-0.3, -0.25) is 4.90 Å². The van der Waals surface area contributed by atoms with Crippen LogP contribution in [0, 0.1) is 20.8 Å². The van der Waals surface area contributed by atoms with Gasteiger partial charge in [0, 0.05) is 18.6 Å². The molecule has 1 fully saturated rings. The average Bonchev–Trinajstić information content (AvgIpc) is 2.44. The molecule has 1 heterocycles. The summed E-state index contributed by atoms with van der Waals surface area (Å²) in [6.45, 7) is 15.8. The molecule has 1 aromatic carbocycles. The van der Waals surface area contributed by atoms with E-state index in [0.717, 1.165) is 19.6 Å². The van der Waals surface area contributed by atoms with E-state index in [1.807, 2.05) is 0 Å². The molecule has 0 aromatic heterocycles. The molecular weight excluding hydrogens is 232 g/mol. The van der Waals surface area contributed by atoms with Gasteiger partial charge in [0.2, 0.25) is 0 Å². The van der Waals surface area contributed by atoms with E-state index in [1.165, 1.54) is 35.2 Å². The fraction of sp³-hybridized carbons (Fsp3) is 0.647. The van der Waals surface area contributed by atoms with Crippen LogP contribution in [0.4, 0.5) is 0 Å². The Labute approximate surface area is 118 Å². The predicted octanol–water partition coefficient (Wildman–Crippen LogP) is 3.19. The van der Waals surface area contributed by atoms with Crippen molar-refractivity contribution in [1.82, 2.24) is 10.2 Å². The van der Waals surface area contributed by atoms with Crippen LogP contribution in [-0.4, -0.2) is 30.1 Å². The third-order valence-corrected chi connectivity index (χ3v) is 4.10. The Balaban J connectivity index is 2.16. The smallest absolute Gasteiger partial charge is 0.0252 e. The summed E-state index contributed by atoms with van der Waals surface area (Å²) in [5.41, 5.74) is 5.99. The first-order valence-corrected chi connectivity index (χ1v) is 7.41. The van der Waals surface area contributed by atoms with Gasteiger partial charge < -0.3 is 5.32 Å². The van der Waals surface area contributed by atoms with Gasteiger partial charge in [-0.2, -0.15) is 0 Å². The lowest BCUT2D eigenvalue weighted by Gasteiger charge is -2.30. The van der Waals surface area contributed by atoms with Crippen molar-refractivity contribution in [2.24, 2.45) is 0 Å². The lowest BCUT2D eigenvalue weighted by Crippen LogP contribution is -2.46. The molecule has 1 N–H and O–H groups in total. The number of hydrogen-bond acceptors (Lipinski definition) is 2. The first kappa shape index (κ1) is 14.5. The summed E-state index contributed by atoms with van der Waals surface area (Å²) in [5.74, 6) is 0. The van der Waals surface area contributed by atoms with Crippen LogP contribution in [0.25, 0.3) is 0 Å². The minimum atomic E-state index is 0.225. The molecule has 0 saturated carbocycles. The summed E-state index contributed by atoms with van der Waals surface area (Å²) < 4.78 is 0. The summed E-state index contributed by atoms with van der Waals surface area (Å²) in [7, 11) is 0. The van der Waals surface area contributed by atoms with Gasteiger partial charge in [-0.15, -0.1) is 0 Å². The second-order valence-electron chi connectivity index (χ2n) is 6.75. The van der Waals surface area contributed by atoms with E-state index in [-0.39, 0.29) is 5.54 Å². The molecule has 0 radical (unpaired) electrons. The van der Waals surface area contributed by atoms with Crippen LogP contribution in [0.5, 0.6) is 0 Å². The fourth-order valence-corrected chi connectivity index (χ4v) is 3.24. The molecule has 0 amide bonds. The van der Waals surface area contributed by atoms with E-state index in [1.54, 1.807) is 0 Å². The molecule has 1 aliphatic rings. The van der Waals surface area contributed by atoms with Gasteiger partial charge >= 0.3 is 0 Å². The minimum Gasteiger partial charge on any atom is -0.310 e. The third kappa shape index (κ3) is 3.80. The van der Waals surface area contributed by atoms with Crippen molar-refractivity contribution in [3.8, 4) is 0 Å².